The monoisotopic (exact) mass is 294 g/mol. The van der Waals surface area contributed by atoms with Crippen LogP contribution in [0.3, 0.4) is 0 Å². The van der Waals surface area contributed by atoms with Gasteiger partial charge in [0.05, 0.1) is 5.56 Å². The predicted octanol–water partition coefficient (Wildman–Crippen LogP) is 3.09. The van der Waals surface area contributed by atoms with Gasteiger partial charge in [-0.25, -0.2) is 0 Å². The molecule has 3 nitrogen and oxygen atoms in total. The number of carbonyl (C=O) groups is 1. The third-order valence-electron chi connectivity index (χ3n) is 2.61. The van der Waals surface area contributed by atoms with E-state index in [1.165, 1.54) is 0 Å². The number of amides is 1. The fraction of sp³-hybridized carbons (Fsp3) is 0.500. The first-order valence-corrected chi connectivity index (χ1v) is 6.19. The number of halogens is 4. The highest BCUT2D eigenvalue weighted by atomic mass is 35.5. The van der Waals surface area contributed by atoms with Gasteiger partial charge >= 0.3 is 6.18 Å². The van der Waals surface area contributed by atoms with Crippen LogP contribution in [0.15, 0.2) is 18.3 Å². The molecule has 1 aromatic heterocycles. The highest BCUT2D eigenvalue weighted by Crippen LogP contribution is 2.28. The lowest BCUT2D eigenvalue weighted by Gasteiger charge is -2.19. The predicted molar refractivity (Wildman–Crippen MR) is 66.1 cm³/mol. The van der Waals surface area contributed by atoms with Crippen molar-refractivity contribution in [1.82, 2.24) is 10.3 Å². The maximum Gasteiger partial charge on any atom is 0.417 e. The van der Waals surface area contributed by atoms with Gasteiger partial charge in [-0.3, -0.25) is 9.78 Å². The van der Waals surface area contributed by atoms with Gasteiger partial charge in [0.2, 0.25) is 0 Å². The molecule has 1 unspecified atom stereocenters. The number of nitrogens with one attached hydrogen (secondary N) is 1. The molecule has 0 aliphatic rings. The minimum atomic E-state index is -4.46. The minimum Gasteiger partial charge on any atom is -0.347 e. The summed E-state index contributed by atoms with van der Waals surface area (Å²) in [5, 5.41) is 2.63. The van der Waals surface area contributed by atoms with E-state index in [-0.39, 0.29) is 23.5 Å². The molecule has 1 heterocycles. The Morgan fingerprint density at radius 3 is 2.42 bits per heavy atom. The van der Waals surface area contributed by atoms with Crippen molar-refractivity contribution in [3.8, 4) is 0 Å². The minimum absolute atomic E-state index is 0.0660. The lowest BCUT2D eigenvalue weighted by Crippen LogP contribution is -2.40. The van der Waals surface area contributed by atoms with E-state index in [9.17, 15) is 18.0 Å². The van der Waals surface area contributed by atoms with Crippen LogP contribution in [0.1, 0.15) is 29.9 Å². The standard InChI is InChI=1S/C12H14ClF3N2O/c1-7(2)10(5-13)18-11(19)9-4-3-8(6-17-9)12(14,15)16/h3-4,6-7,10H,5H2,1-2H3,(H,18,19). The first-order chi connectivity index (χ1) is 8.75. The molecule has 0 saturated carbocycles. The molecule has 1 N–H and O–H groups in total. The summed E-state index contributed by atoms with van der Waals surface area (Å²) in [6.07, 6.45) is -3.82. The Morgan fingerprint density at radius 2 is 2.05 bits per heavy atom. The highest BCUT2D eigenvalue weighted by molar-refractivity contribution is 6.18. The Kier molecular flexibility index (Phi) is 5.17. The molecule has 0 bridgehead atoms. The second kappa shape index (κ2) is 6.23. The van der Waals surface area contributed by atoms with Gasteiger partial charge in [-0.15, -0.1) is 11.6 Å². The quantitative estimate of drug-likeness (QED) is 0.867. The highest BCUT2D eigenvalue weighted by Gasteiger charge is 2.31. The zero-order valence-electron chi connectivity index (χ0n) is 10.5. The van der Waals surface area contributed by atoms with Crippen molar-refractivity contribution in [3.05, 3.63) is 29.6 Å². The zero-order chi connectivity index (χ0) is 14.6. The topological polar surface area (TPSA) is 42.0 Å². The number of alkyl halides is 4. The van der Waals surface area contributed by atoms with E-state index >= 15 is 0 Å². The Bertz CT molecular complexity index is 432. The lowest BCUT2D eigenvalue weighted by molar-refractivity contribution is -0.137. The van der Waals surface area contributed by atoms with Gasteiger partial charge in [0.15, 0.2) is 0 Å². The van der Waals surface area contributed by atoms with E-state index < -0.39 is 17.6 Å². The van der Waals surface area contributed by atoms with Gasteiger partial charge in [0.25, 0.3) is 5.91 Å². The molecule has 0 aliphatic carbocycles. The van der Waals surface area contributed by atoms with E-state index in [2.05, 4.69) is 10.3 Å². The fourth-order valence-electron chi connectivity index (χ4n) is 1.32. The molecule has 0 fully saturated rings. The van der Waals surface area contributed by atoms with E-state index in [1.54, 1.807) is 0 Å². The summed E-state index contributed by atoms with van der Waals surface area (Å²) in [6.45, 7) is 3.76. The summed E-state index contributed by atoms with van der Waals surface area (Å²) >= 11 is 5.70. The lowest BCUT2D eigenvalue weighted by atomic mass is 10.1. The van der Waals surface area contributed by atoms with Crippen molar-refractivity contribution in [2.45, 2.75) is 26.1 Å². The number of hydrogen-bond acceptors (Lipinski definition) is 2. The first kappa shape index (κ1) is 15.8. The number of carbonyl (C=O) groups excluding carboxylic acids is 1. The van der Waals surface area contributed by atoms with Crippen LogP contribution in [0.25, 0.3) is 0 Å². The van der Waals surface area contributed by atoms with Gasteiger partial charge in [-0.2, -0.15) is 13.2 Å². The number of rotatable bonds is 4. The van der Waals surface area contributed by atoms with Crippen molar-refractivity contribution < 1.29 is 18.0 Å². The average Bonchev–Trinajstić information content (AvgIpc) is 2.34. The van der Waals surface area contributed by atoms with E-state index in [0.717, 1.165) is 12.1 Å². The van der Waals surface area contributed by atoms with Crippen LogP contribution >= 0.6 is 11.6 Å². The molecular weight excluding hydrogens is 281 g/mol. The van der Waals surface area contributed by atoms with Crippen molar-refractivity contribution in [2.75, 3.05) is 5.88 Å². The Labute approximate surface area is 114 Å². The summed E-state index contributed by atoms with van der Waals surface area (Å²) in [6, 6.07) is 1.62. The molecule has 106 valence electrons. The van der Waals surface area contributed by atoms with Crippen LogP contribution in [0, 0.1) is 5.92 Å². The number of hydrogen-bond donors (Lipinski definition) is 1. The second-order valence-electron chi connectivity index (χ2n) is 4.41. The maximum absolute atomic E-state index is 12.3. The van der Waals surface area contributed by atoms with Crippen LogP contribution in [-0.2, 0) is 6.18 Å². The molecule has 0 radical (unpaired) electrons. The molecule has 1 rings (SSSR count). The van der Waals surface area contributed by atoms with Crippen LogP contribution < -0.4 is 5.32 Å². The van der Waals surface area contributed by atoms with Gasteiger partial charge in [0.1, 0.15) is 5.69 Å². The molecule has 19 heavy (non-hydrogen) atoms. The first-order valence-electron chi connectivity index (χ1n) is 5.65. The summed E-state index contributed by atoms with van der Waals surface area (Å²) < 4.78 is 37.0. The average molecular weight is 295 g/mol. The number of pyridine rings is 1. The molecular formula is C12H14ClF3N2O. The van der Waals surface area contributed by atoms with E-state index in [0.29, 0.717) is 6.20 Å². The molecule has 1 amide bonds. The molecule has 0 aliphatic heterocycles. The molecule has 7 heteroatoms. The second-order valence-corrected chi connectivity index (χ2v) is 4.72. The SMILES string of the molecule is CC(C)C(CCl)NC(=O)c1ccc(C(F)(F)F)cn1. The fourth-order valence-corrected chi connectivity index (χ4v) is 1.76. The molecule has 0 spiro atoms. The van der Waals surface area contributed by atoms with Gasteiger partial charge in [-0.1, -0.05) is 13.8 Å². The smallest absolute Gasteiger partial charge is 0.347 e. The van der Waals surface area contributed by atoms with Gasteiger partial charge < -0.3 is 5.32 Å². The third-order valence-corrected chi connectivity index (χ3v) is 2.94. The molecule has 1 aromatic rings. The summed E-state index contributed by atoms with van der Waals surface area (Å²) in [5.41, 5.74) is -0.953. The van der Waals surface area contributed by atoms with Crippen LogP contribution in [0.4, 0.5) is 13.2 Å². The number of aromatic nitrogens is 1. The van der Waals surface area contributed by atoms with E-state index in [4.69, 9.17) is 11.6 Å². The maximum atomic E-state index is 12.3. The van der Waals surface area contributed by atoms with Crippen molar-refractivity contribution >= 4 is 17.5 Å². The van der Waals surface area contributed by atoms with Crippen molar-refractivity contribution in [1.29, 1.82) is 0 Å². The van der Waals surface area contributed by atoms with Crippen LogP contribution in [0.5, 0.6) is 0 Å². The zero-order valence-corrected chi connectivity index (χ0v) is 11.2. The summed E-state index contributed by atoms with van der Waals surface area (Å²) in [7, 11) is 0. The molecule has 0 saturated heterocycles. The summed E-state index contributed by atoms with van der Waals surface area (Å²) in [5.74, 6) is -0.187. The van der Waals surface area contributed by atoms with Gasteiger partial charge in [-0.05, 0) is 18.1 Å². The Morgan fingerprint density at radius 1 is 1.42 bits per heavy atom. The van der Waals surface area contributed by atoms with Crippen LogP contribution in [-0.4, -0.2) is 22.8 Å². The Hall–Kier alpha value is -1.30. The third kappa shape index (κ3) is 4.38. The molecule has 0 aromatic carbocycles. The van der Waals surface area contributed by atoms with E-state index in [1.807, 2.05) is 13.8 Å². The van der Waals surface area contributed by atoms with Crippen molar-refractivity contribution in [3.63, 3.8) is 0 Å². The summed E-state index contributed by atoms with van der Waals surface area (Å²) in [4.78, 5) is 15.3. The van der Waals surface area contributed by atoms with Crippen LogP contribution in [0.2, 0.25) is 0 Å². The normalized spacial score (nSPS) is 13.4. The molecule has 1 atom stereocenters. The number of nitrogens with zero attached hydrogens (tertiary/aromatic N) is 1. The largest absolute Gasteiger partial charge is 0.417 e. The van der Waals surface area contributed by atoms with Gasteiger partial charge in [0, 0.05) is 18.1 Å². The Balaban J connectivity index is 2.78. The van der Waals surface area contributed by atoms with Crippen molar-refractivity contribution in [2.24, 2.45) is 5.92 Å².